The summed E-state index contributed by atoms with van der Waals surface area (Å²) in [7, 11) is 0. The molecule has 0 radical (unpaired) electrons. The first-order valence-electron chi connectivity index (χ1n) is 7.51. The number of carboxylic acids is 1. The van der Waals surface area contributed by atoms with Crippen LogP contribution in [0.15, 0.2) is 24.3 Å². The van der Waals surface area contributed by atoms with Crippen molar-refractivity contribution in [2.24, 2.45) is 11.8 Å². The van der Waals surface area contributed by atoms with Crippen molar-refractivity contribution in [1.82, 2.24) is 5.32 Å². The molecule has 1 aromatic carbocycles. The Morgan fingerprint density at radius 3 is 2.76 bits per heavy atom. The number of hydrogen-bond donors (Lipinski definition) is 2. The lowest BCUT2D eigenvalue weighted by Crippen LogP contribution is -2.47. The van der Waals surface area contributed by atoms with Crippen LogP contribution in [-0.2, 0) is 11.2 Å². The molecule has 21 heavy (non-hydrogen) atoms. The second-order valence-corrected chi connectivity index (χ2v) is 5.94. The molecule has 1 fully saturated rings. The van der Waals surface area contributed by atoms with Gasteiger partial charge < -0.3 is 10.4 Å². The molecule has 0 bridgehead atoms. The number of urea groups is 1. The van der Waals surface area contributed by atoms with E-state index in [0.717, 1.165) is 23.6 Å². The molecule has 112 valence electrons. The van der Waals surface area contributed by atoms with E-state index in [4.69, 9.17) is 0 Å². The van der Waals surface area contributed by atoms with Crippen molar-refractivity contribution in [2.45, 2.75) is 25.7 Å². The number of benzene rings is 1. The van der Waals surface area contributed by atoms with Gasteiger partial charge in [-0.05, 0) is 30.4 Å². The number of hydrogen-bond acceptors (Lipinski definition) is 2. The topological polar surface area (TPSA) is 69.6 Å². The third kappa shape index (κ3) is 3.17. The van der Waals surface area contributed by atoms with Crippen LogP contribution in [-0.4, -0.2) is 30.2 Å². The number of nitrogens with zero attached hydrogens (tertiary/aromatic N) is 1. The Labute approximate surface area is 123 Å². The number of fused-ring (bicyclic) bond motifs is 1. The molecule has 3 rings (SSSR count). The molecule has 1 aliphatic heterocycles. The maximum Gasteiger partial charge on any atom is 0.321 e. The van der Waals surface area contributed by atoms with Gasteiger partial charge in [0, 0.05) is 18.8 Å². The Morgan fingerprint density at radius 2 is 2.05 bits per heavy atom. The molecule has 5 heteroatoms. The first-order chi connectivity index (χ1) is 10.1. The first kappa shape index (κ1) is 13.9. The molecule has 1 heterocycles. The summed E-state index contributed by atoms with van der Waals surface area (Å²) in [6, 6.07) is 7.36. The van der Waals surface area contributed by atoms with E-state index in [-0.39, 0.29) is 12.6 Å². The van der Waals surface area contributed by atoms with E-state index in [1.807, 2.05) is 24.3 Å². The average molecular weight is 288 g/mol. The number of carbonyl (C=O) groups excluding carboxylic acids is 1. The molecule has 2 N–H and O–H groups in total. The van der Waals surface area contributed by atoms with Crippen LogP contribution >= 0.6 is 0 Å². The Bertz CT molecular complexity index is 554. The maximum absolute atomic E-state index is 12.4. The molecular formula is C16H20N2O3. The number of anilines is 1. The summed E-state index contributed by atoms with van der Waals surface area (Å²) in [5.41, 5.74) is 1.76. The van der Waals surface area contributed by atoms with E-state index in [2.05, 4.69) is 5.32 Å². The molecule has 5 nitrogen and oxygen atoms in total. The molecule has 0 aromatic heterocycles. The quantitative estimate of drug-likeness (QED) is 0.893. The molecule has 2 amide bonds. The maximum atomic E-state index is 12.4. The zero-order valence-electron chi connectivity index (χ0n) is 11.9. The van der Waals surface area contributed by atoms with Gasteiger partial charge in [-0.3, -0.25) is 9.69 Å². The van der Waals surface area contributed by atoms with Crippen molar-refractivity contribution < 1.29 is 14.7 Å². The van der Waals surface area contributed by atoms with Gasteiger partial charge in [-0.2, -0.15) is 0 Å². The van der Waals surface area contributed by atoms with E-state index in [0.29, 0.717) is 13.0 Å². The predicted molar refractivity (Wildman–Crippen MR) is 79.4 cm³/mol. The summed E-state index contributed by atoms with van der Waals surface area (Å²) >= 11 is 0. The van der Waals surface area contributed by atoms with Gasteiger partial charge in [0.1, 0.15) is 0 Å². The molecule has 1 saturated carbocycles. The molecule has 0 saturated heterocycles. The highest BCUT2D eigenvalue weighted by Crippen LogP contribution is 2.32. The van der Waals surface area contributed by atoms with Gasteiger partial charge >= 0.3 is 12.0 Å². The Morgan fingerprint density at radius 1 is 1.29 bits per heavy atom. The van der Waals surface area contributed by atoms with Crippen molar-refractivity contribution in [1.29, 1.82) is 0 Å². The lowest BCUT2D eigenvalue weighted by molar-refractivity contribution is -0.141. The van der Waals surface area contributed by atoms with Crippen molar-refractivity contribution in [2.75, 3.05) is 18.0 Å². The van der Waals surface area contributed by atoms with E-state index in [1.54, 1.807) is 4.90 Å². The lowest BCUT2D eigenvalue weighted by atomic mass is 9.93. The fourth-order valence-corrected chi connectivity index (χ4v) is 2.84. The number of para-hydroxylation sites is 1. The monoisotopic (exact) mass is 288 g/mol. The van der Waals surface area contributed by atoms with Crippen LogP contribution in [0.4, 0.5) is 10.5 Å². The number of amides is 2. The standard InChI is InChI=1S/C16H20N2O3/c19-15(20)13-9-12-3-1-2-4-14(12)18(10-13)16(21)17-8-7-11-5-6-11/h1-4,11,13H,5-10H2,(H,17,21)(H,19,20). The summed E-state index contributed by atoms with van der Waals surface area (Å²) in [5.74, 6) is -0.611. The molecule has 1 aliphatic carbocycles. The van der Waals surface area contributed by atoms with Crippen LogP contribution in [0.5, 0.6) is 0 Å². The largest absolute Gasteiger partial charge is 0.481 e. The van der Waals surface area contributed by atoms with Gasteiger partial charge in [0.15, 0.2) is 0 Å². The summed E-state index contributed by atoms with van der Waals surface area (Å²) < 4.78 is 0. The minimum absolute atomic E-state index is 0.186. The SMILES string of the molecule is O=C(O)C1Cc2ccccc2N(C(=O)NCCC2CC2)C1. The van der Waals surface area contributed by atoms with Gasteiger partial charge in [-0.15, -0.1) is 0 Å². The summed E-state index contributed by atoms with van der Waals surface area (Å²) in [6.45, 7) is 0.904. The second kappa shape index (κ2) is 5.76. The van der Waals surface area contributed by atoms with Crippen LogP contribution in [0.2, 0.25) is 0 Å². The fraction of sp³-hybridized carbons (Fsp3) is 0.500. The number of carbonyl (C=O) groups is 2. The zero-order chi connectivity index (χ0) is 14.8. The van der Waals surface area contributed by atoms with Crippen LogP contribution in [0.25, 0.3) is 0 Å². The molecule has 1 atom stereocenters. The Kier molecular flexibility index (Phi) is 3.82. The summed E-state index contributed by atoms with van der Waals surface area (Å²) in [6.07, 6.45) is 4.04. The van der Waals surface area contributed by atoms with E-state index in [9.17, 15) is 14.7 Å². The molecule has 1 unspecified atom stereocenters. The van der Waals surface area contributed by atoms with E-state index < -0.39 is 11.9 Å². The van der Waals surface area contributed by atoms with Crippen molar-refractivity contribution in [3.63, 3.8) is 0 Å². The third-order valence-corrected chi connectivity index (χ3v) is 4.27. The van der Waals surface area contributed by atoms with Crippen LogP contribution in [0.1, 0.15) is 24.8 Å². The van der Waals surface area contributed by atoms with Gasteiger partial charge in [0.25, 0.3) is 0 Å². The van der Waals surface area contributed by atoms with Crippen LogP contribution < -0.4 is 10.2 Å². The number of carboxylic acid groups (broad SMARTS) is 1. The minimum atomic E-state index is -0.847. The third-order valence-electron chi connectivity index (χ3n) is 4.27. The lowest BCUT2D eigenvalue weighted by Gasteiger charge is -2.32. The summed E-state index contributed by atoms with van der Waals surface area (Å²) in [4.78, 5) is 25.2. The summed E-state index contributed by atoms with van der Waals surface area (Å²) in [5, 5.41) is 12.2. The van der Waals surface area contributed by atoms with Gasteiger partial charge in [0.05, 0.1) is 5.92 Å². The molecule has 1 aromatic rings. The van der Waals surface area contributed by atoms with E-state index in [1.165, 1.54) is 12.8 Å². The zero-order valence-corrected chi connectivity index (χ0v) is 11.9. The second-order valence-electron chi connectivity index (χ2n) is 5.94. The van der Waals surface area contributed by atoms with Crippen molar-refractivity contribution in [3.8, 4) is 0 Å². The average Bonchev–Trinajstić information content (AvgIpc) is 3.30. The van der Waals surface area contributed by atoms with Crippen LogP contribution in [0.3, 0.4) is 0 Å². The molecule has 0 spiro atoms. The normalized spacial score (nSPS) is 20.8. The van der Waals surface area contributed by atoms with E-state index >= 15 is 0 Å². The molecular weight excluding hydrogens is 268 g/mol. The fourth-order valence-electron chi connectivity index (χ4n) is 2.84. The minimum Gasteiger partial charge on any atom is -0.481 e. The van der Waals surface area contributed by atoms with Gasteiger partial charge in [-0.1, -0.05) is 31.0 Å². The molecule has 2 aliphatic rings. The van der Waals surface area contributed by atoms with Gasteiger partial charge in [0.2, 0.25) is 0 Å². The van der Waals surface area contributed by atoms with Gasteiger partial charge in [-0.25, -0.2) is 4.79 Å². The Balaban J connectivity index is 1.72. The smallest absolute Gasteiger partial charge is 0.321 e. The predicted octanol–water partition coefficient (Wildman–Crippen LogP) is 2.26. The van der Waals surface area contributed by atoms with Crippen molar-refractivity contribution in [3.05, 3.63) is 29.8 Å². The first-order valence-corrected chi connectivity index (χ1v) is 7.51. The number of nitrogens with one attached hydrogen (secondary N) is 1. The van der Waals surface area contributed by atoms with Crippen molar-refractivity contribution >= 4 is 17.7 Å². The number of rotatable bonds is 4. The highest BCUT2D eigenvalue weighted by Gasteiger charge is 2.32. The highest BCUT2D eigenvalue weighted by atomic mass is 16.4. The van der Waals surface area contributed by atoms with Crippen LogP contribution in [0, 0.1) is 11.8 Å². The number of aliphatic carboxylic acids is 1. The Hall–Kier alpha value is -2.04. The highest BCUT2D eigenvalue weighted by molar-refractivity contribution is 5.94.